The molecule has 0 saturated carbocycles. The lowest BCUT2D eigenvalue weighted by Crippen LogP contribution is -2.41. The summed E-state index contributed by atoms with van der Waals surface area (Å²) < 4.78 is 19.4. The van der Waals surface area contributed by atoms with Crippen LogP contribution in [-0.2, 0) is 13.2 Å². The number of halogens is 1. The molecule has 27 heavy (non-hydrogen) atoms. The number of imidazole rings is 1. The maximum Gasteiger partial charge on any atom is 0.254 e. The minimum Gasteiger partial charge on any atom is -0.390 e. The van der Waals surface area contributed by atoms with Gasteiger partial charge in [0.1, 0.15) is 11.6 Å². The van der Waals surface area contributed by atoms with Gasteiger partial charge >= 0.3 is 0 Å². The van der Waals surface area contributed by atoms with Crippen LogP contribution in [0.2, 0.25) is 0 Å². The minimum atomic E-state index is -0.379. The maximum absolute atomic E-state index is 13.2. The van der Waals surface area contributed by atoms with Gasteiger partial charge in [-0.25, -0.2) is 14.4 Å². The molecular formula is C18H18FN5O2S. The normalized spacial score (nSPS) is 16.4. The molecule has 7 nitrogen and oxygen atoms in total. The van der Waals surface area contributed by atoms with Gasteiger partial charge in [-0.1, -0.05) is 0 Å². The molecule has 0 aliphatic carbocycles. The molecule has 1 atom stereocenters. The molecule has 140 valence electrons. The highest BCUT2D eigenvalue weighted by Crippen LogP contribution is 2.34. The summed E-state index contributed by atoms with van der Waals surface area (Å²) in [6.07, 6.45) is 0. The van der Waals surface area contributed by atoms with E-state index < -0.39 is 0 Å². The molecule has 4 rings (SSSR count). The highest BCUT2D eigenvalue weighted by molar-refractivity contribution is 7.09. The maximum atomic E-state index is 13.2. The molecule has 0 saturated heterocycles. The Labute approximate surface area is 159 Å². The van der Waals surface area contributed by atoms with Gasteiger partial charge in [-0.05, 0) is 49.6 Å². The third kappa shape index (κ3) is 3.02. The first-order chi connectivity index (χ1) is 13.0. The van der Waals surface area contributed by atoms with Gasteiger partial charge < -0.3 is 14.6 Å². The highest BCUT2D eigenvalue weighted by atomic mass is 32.1. The number of aromatic nitrogens is 4. The topological polar surface area (TPSA) is 84.1 Å². The minimum absolute atomic E-state index is 0.174. The van der Waals surface area contributed by atoms with E-state index >= 15 is 0 Å². The van der Waals surface area contributed by atoms with Crippen molar-refractivity contribution in [2.75, 3.05) is 6.54 Å². The number of rotatable bonds is 3. The van der Waals surface area contributed by atoms with Crippen LogP contribution in [-0.4, -0.2) is 41.4 Å². The van der Waals surface area contributed by atoms with Crippen molar-refractivity contribution in [3.05, 3.63) is 52.9 Å². The summed E-state index contributed by atoms with van der Waals surface area (Å²) in [5.74, 6) is 0.790. The van der Waals surface area contributed by atoms with Crippen molar-refractivity contribution in [3.8, 4) is 10.8 Å². The lowest BCUT2D eigenvalue weighted by Gasteiger charge is -2.35. The summed E-state index contributed by atoms with van der Waals surface area (Å²) >= 11 is 1.26. The fraction of sp³-hybridized carbons (Fsp3) is 0.333. The van der Waals surface area contributed by atoms with E-state index in [0.717, 1.165) is 5.69 Å². The molecule has 1 N–H and O–H groups in total. The van der Waals surface area contributed by atoms with E-state index in [1.165, 1.54) is 35.8 Å². The van der Waals surface area contributed by atoms with E-state index in [-0.39, 0.29) is 24.4 Å². The first-order valence-electron chi connectivity index (χ1n) is 8.57. The van der Waals surface area contributed by atoms with Crippen LogP contribution >= 0.6 is 11.5 Å². The van der Waals surface area contributed by atoms with E-state index in [1.54, 1.807) is 4.90 Å². The van der Waals surface area contributed by atoms with Gasteiger partial charge in [0.2, 0.25) is 0 Å². The zero-order valence-electron chi connectivity index (χ0n) is 14.9. The number of aliphatic hydroxyl groups excluding tert-OH is 1. The van der Waals surface area contributed by atoms with Crippen molar-refractivity contribution in [2.45, 2.75) is 33.0 Å². The van der Waals surface area contributed by atoms with Gasteiger partial charge in [0.15, 0.2) is 10.8 Å². The fourth-order valence-corrected chi connectivity index (χ4v) is 4.13. The van der Waals surface area contributed by atoms with Gasteiger partial charge in [0.05, 0.1) is 24.0 Å². The second-order valence-electron chi connectivity index (χ2n) is 6.41. The molecule has 1 aliphatic heterocycles. The summed E-state index contributed by atoms with van der Waals surface area (Å²) in [6.45, 7) is 4.51. The molecule has 0 bridgehead atoms. The van der Waals surface area contributed by atoms with E-state index in [1.807, 2.05) is 18.4 Å². The van der Waals surface area contributed by atoms with Crippen molar-refractivity contribution >= 4 is 17.4 Å². The Balaban J connectivity index is 1.71. The monoisotopic (exact) mass is 387 g/mol. The number of aryl methyl sites for hydroxylation is 1. The molecular weight excluding hydrogens is 369 g/mol. The lowest BCUT2D eigenvalue weighted by atomic mass is 10.1. The number of hydrogen-bond donors (Lipinski definition) is 1. The first kappa shape index (κ1) is 17.7. The Morgan fingerprint density at radius 3 is 2.67 bits per heavy atom. The van der Waals surface area contributed by atoms with E-state index in [9.17, 15) is 14.3 Å². The van der Waals surface area contributed by atoms with Crippen molar-refractivity contribution in [2.24, 2.45) is 0 Å². The summed E-state index contributed by atoms with van der Waals surface area (Å²) in [5, 5.41) is 10.5. The molecule has 3 heterocycles. The molecule has 1 aliphatic rings. The van der Waals surface area contributed by atoms with Crippen LogP contribution in [0.25, 0.3) is 10.8 Å². The van der Waals surface area contributed by atoms with Crippen molar-refractivity contribution in [3.63, 3.8) is 0 Å². The number of nitrogens with zero attached hydrogens (tertiary/aromatic N) is 5. The summed E-state index contributed by atoms with van der Waals surface area (Å²) in [4.78, 5) is 23.6. The van der Waals surface area contributed by atoms with Crippen molar-refractivity contribution < 1.29 is 14.3 Å². The van der Waals surface area contributed by atoms with Crippen molar-refractivity contribution in [1.29, 1.82) is 0 Å². The molecule has 0 radical (unpaired) electrons. The Hall–Kier alpha value is -2.65. The molecule has 0 fully saturated rings. The van der Waals surface area contributed by atoms with E-state index in [0.29, 0.717) is 41.0 Å². The number of carbonyl (C=O) groups excluding carboxylic acids is 1. The predicted octanol–water partition coefficient (Wildman–Crippen LogP) is 2.56. The van der Waals surface area contributed by atoms with E-state index in [4.69, 9.17) is 0 Å². The molecule has 1 aromatic carbocycles. The Morgan fingerprint density at radius 1 is 1.30 bits per heavy atom. The Bertz CT molecular complexity index is 998. The van der Waals surface area contributed by atoms with Crippen LogP contribution in [0.4, 0.5) is 4.39 Å². The number of carbonyl (C=O) groups is 1. The second-order valence-corrected chi connectivity index (χ2v) is 7.16. The summed E-state index contributed by atoms with van der Waals surface area (Å²) in [6, 6.07) is 5.24. The summed E-state index contributed by atoms with van der Waals surface area (Å²) in [5.41, 5.74) is 1.76. The Kier molecular flexibility index (Phi) is 4.48. The third-order valence-electron chi connectivity index (χ3n) is 4.73. The largest absolute Gasteiger partial charge is 0.390 e. The van der Waals surface area contributed by atoms with Crippen LogP contribution in [0, 0.1) is 12.7 Å². The summed E-state index contributed by atoms with van der Waals surface area (Å²) in [7, 11) is 0. The standard InChI is InChI=1S/C18H18FN5O2S/c1-10-15-14(9-25)21-16(17-20-11(2)22-27-17)24(15)8-7-23(10)18(26)12-3-5-13(19)6-4-12/h3-6,10,25H,7-9H2,1-2H3. The predicted molar refractivity (Wildman–Crippen MR) is 97.6 cm³/mol. The van der Waals surface area contributed by atoms with Crippen LogP contribution in [0.1, 0.15) is 40.5 Å². The average molecular weight is 387 g/mol. The SMILES string of the molecule is Cc1nsc(-c2nc(CO)c3n2CCN(C(=O)c2ccc(F)cc2)C3C)n1. The quantitative estimate of drug-likeness (QED) is 0.747. The third-order valence-corrected chi connectivity index (χ3v) is 5.53. The molecule has 0 spiro atoms. The number of hydrogen-bond acceptors (Lipinski definition) is 6. The first-order valence-corrected chi connectivity index (χ1v) is 9.34. The van der Waals surface area contributed by atoms with Crippen LogP contribution in [0.5, 0.6) is 0 Å². The van der Waals surface area contributed by atoms with Crippen LogP contribution in [0.15, 0.2) is 24.3 Å². The Morgan fingerprint density at radius 2 is 2.04 bits per heavy atom. The van der Waals surface area contributed by atoms with E-state index in [2.05, 4.69) is 14.3 Å². The number of amides is 1. The van der Waals surface area contributed by atoms with Crippen LogP contribution < -0.4 is 0 Å². The van der Waals surface area contributed by atoms with Gasteiger partial charge in [-0.3, -0.25) is 4.79 Å². The van der Waals surface area contributed by atoms with Gasteiger partial charge in [0, 0.05) is 18.7 Å². The molecule has 1 unspecified atom stereocenters. The van der Waals surface area contributed by atoms with Gasteiger partial charge in [-0.15, -0.1) is 0 Å². The average Bonchev–Trinajstić information content (AvgIpc) is 3.26. The van der Waals surface area contributed by atoms with Crippen molar-refractivity contribution in [1.82, 2.24) is 23.8 Å². The van der Waals surface area contributed by atoms with Crippen LogP contribution in [0.3, 0.4) is 0 Å². The van der Waals surface area contributed by atoms with Gasteiger partial charge in [0.25, 0.3) is 5.91 Å². The highest BCUT2D eigenvalue weighted by Gasteiger charge is 2.34. The zero-order valence-corrected chi connectivity index (χ0v) is 15.7. The molecule has 2 aromatic heterocycles. The molecule has 3 aromatic rings. The zero-order chi connectivity index (χ0) is 19.1. The second kappa shape index (κ2) is 6.82. The van der Waals surface area contributed by atoms with Gasteiger partial charge in [-0.2, -0.15) is 4.37 Å². The lowest BCUT2D eigenvalue weighted by molar-refractivity contribution is 0.0641. The number of benzene rings is 1. The molecule has 1 amide bonds. The number of fused-ring (bicyclic) bond motifs is 1. The molecule has 9 heteroatoms. The smallest absolute Gasteiger partial charge is 0.254 e. The fourth-order valence-electron chi connectivity index (χ4n) is 3.46. The number of aliphatic hydroxyl groups is 1.